The van der Waals surface area contributed by atoms with Crippen LogP contribution in [0, 0.1) is 0 Å². The Balaban J connectivity index is 1.92. The Labute approximate surface area is 186 Å². The number of nitrogens with one attached hydrogen (secondary N) is 1. The highest BCUT2D eigenvalue weighted by atomic mass is 35.5. The van der Waals surface area contributed by atoms with Crippen LogP contribution in [-0.4, -0.2) is 44.6 Å². The van der Waals surface area contributed by atoms with E-state index >= 15 is 0 Å². The third-order valence-corrected chi connectivity index (χ3v) is 4.90. The molecule has 0 heterocycles. The van der Waals surface area contributed by atoms with Gasteiger partial charge in [-0.3, -0.25) is 9.59 Å². The van der Waals surface area contributed by atoms with E-state index < -0.39 is 30.2 Å². The number of thioether (sulfide) groups is 1. The molecule has 0 fully saturated rings. The molecule has 0 unspecified atom stereocenters. The normalized spacial score (nSPS) is 11.1. The fraction of sp³-hybridized carbons (Fsp3) is 0.300. The summed E-state index contributed by atoms with van der Waals surface area (Å²) >= 11 is 6.97. The molecule has 11 heteroatoms. The second kappa shape index (κ2) is 11.8. The Kier molecular flexibility index (Phi) is 9.47. The predicted molar refractivity (Wildman–Crippen MR) is 111 cm³/mol. The number of rotatable bonds is 10. The zero-order chi connectivity index (χ0) is 22.9. The van der Waals surface area contributed by atoms with Crippen LogP contribution in [0.1, 0.15) is 5.56 Å². The van der Waals surface area contributed by atoms with Gasteiger partial charge in [0.05, 0.1) is 23.6 Å². The Morgan fingerprint density at radius 3 is 2.45 bits per heavy atom. The molecule has 1 N–H and O–H groups in total. The van der Waals surface area contributed by atoms with Gasteiger partial charge >= 0.3 is 12.1 Å². The zero-order valence-corrected chi connectivity index (χ0v) is 17.9. The highest BCUT2D eigenvalue weighted by Crippen LogP contribution is 2.35. The third-order valence-electron chi connectivity index (χ3n) is 3.66. The van der Waals surface area contributed by atoms with Gasteiger partial charge in [0.1, 0.15) is 12.4 Å². The Bertz CT molecular complexity index is 893. The number of benzene rings is 2. The number of esters is 1. The minimum Gasteiger partial charge on any atom is -0.489 e. The van der Waals surface area contributed by atoms with Gasteiger partial charge in [-0.05, 0) is 42.5 Å². The summed E-state index contributed by atoms with van der Waals surface area (Å²) in [5, 5.41) is 2.84. The minimum absolute atomic E-state index is 0.0306. The monoisotopic (exact) mass is 477 g/mol. The molecule has 0 saturated heterocycles. The van der Waals surface area contributed by atoms with Gasteiger partial charge in [0.2, 0.25) is 0 Å². The van der Waals surface area contributed by atoms with Crippen LogP contribution >= 0.6 is 23.4 Å². The van der Waals surface area contributed by atoms with Crippen LogP contribution in [-0.2, 0) is 25.2 Å². The minimum atomic E-state index is -4.60. The van der Waals surface area contributed by atoms with Crippen LogP contribution in [0.2, 0.25) is 5.02 Å². The van der Waals surface area contributed by atoms with Crippen LogP contribution in [0.3, 0.4) is 0 Å². The van der Waals surface area contributed by atoms with Crippen molar-refractivity contribution in [2.24, 2.45) is 0 Å². The highest BCUT2D eigenvalue weighted by molar-refractivity contribution is 8.00. The van der Waals surface area contributed by atoms with Crippen molar-refractivity contribution in [2.75, 3.05) is 38.0 Å². The molecular weight excluding hydrogens is 459 g/mol. The smallest absolute Gasteiger partial charge is 0.416 e. The van der Waals surface area contributed by atoms with Crippen molar-refractivity contribution in [3.8, 4) is 5.75 Å². The van der Waals surface area contributed by atoms with Gasteiger partial charge in [0.15, 0.2) is 6.61 Å². The van der Waals surface area contributed by atoms with Crippen LogP contribution in [0.5, 0.6) is 5.75 Å². The van der Waals surface area contributed by atoms with Crippen molar-refractivity contribution in [2.45, 2.75) is 11.1 Å². The maximum Gasteiger partial charge on any atom is 0.416 e. The first-order chi connectivity index (χ1) is 14.7. The number of hydrogen-bond acceptors (Lipinski definition) is 6. The largest absolute Gasteiger partial charge is 0.489 e. The molecule has 0 radical (unpaired) electrons. The maximum absolute atomic E-state index is 13.0. The zero-order valence-electron chi connectivity index (χ0n) is 16.3. The van der Waals surface area contributed by atoms with Gasteiger partial charge in [0, 0.05) is 17.0 Å². The van der Waals surface area contributed by atoms with Gasteiger partial charge < -0.3 is 19.5 Å². The van der Waals surface area contributed by atoms with Gasteiger partial charge in [-0.2, -0.15) is 13.2 Å². The summed E-state index contributed by atoms with van der Waals surface area (Å²) < 4.78 is 54.0. The lowest BCUT2D eigenvalue weighted by molar-refractivity contribution is -0.144. The molecule has 0 aliphatic rings. The lowest BCUT2D eigenvalue weighted by Gasteiger charge is -2.15. The molecule has 2 aromatic carbocycles. The molecule has 0 aliphatic heterocycles. The van der Waals surface area contributed by atoms with E-state index in [4.69, 9.17) is 25.8 Å². The van der Waals surface area contributed by atoms with E-state index in [1.165, 1.54) is 18.9 Å². The molecule has 31 heavy (non-hydrogen) atoms. The van der Waals surface area contributed by atoms with Crippen LogP contribution in [0.25, 0.3) is 0 Å². The number of halogens is 4. The summed E-state index contributed by atoms with van der Waals surface area (Å²) in [7, 11) is 1.44. The first kappa shape index (κ1) is 24.8. The number of ether oxygens (including phenoxy) is 3. The van der Waals surface area contributed by atoms with Crippen LogP contribution < -0.4 is 10.1 Å². The van der Waals surface area contributed by atoms with Crippen LogP contribution in [0.4, 0.5) is 18.9 Å². The van der Waals surface area contributed by atoms with E-state index in [0.717, 1.165) is 23.1 Å². The highest BCUT2D eigenvalue weighted by Gasteiger charge is 2.31. The molecule has 2 aromatic rings. The van der Waals surface area contributed by atoms with Crippen molar-refractivity contribution in [1.82, 2.24) is 0 Å². The van der Waals surface area contributed by atoms with Crippen molar-refractivity contribution >= 4 is 40.9 Å². The van der Waals surface area contributed by atoms with E-state index in [0.29, 0.717) is 5.02 Å². The van der Waals surface area contributed by atoms with Crippen molar-refractivity contribution in [3.05, 3.63) is 53.1 Å². The van der Waals surface area contributed by atoms with Crippen molar-refractivity contribution in [1.29, 1.82) is 0 Å². The number of methoxy groups -OCH3 is 1. The van der Waals surface area contributed by atoms with Gasteiger partial charge in [-0.15, -0.1) is 11.8 Å². The number of amides is 1. The molecule has 0 aromatic heterocycles. The lowest BCUT2D eigenvalue weighted by atomic mass is 10.1. The quantitative estimate of drug-likeness (QED) is 0.305. The van der Waals surface area contributed by atoms with E-state index in [1.54, 1.807) is 24.3 Å². The van der Waals surface area contributed by atoms with Gasteiger partial charge in [0.25, 0.3) is 5.91 Å². The van der Waals surface area contributed by atoms with E-state index in [9.17, 15) is 22.8 Å². The maximum atomic E-state index is 13.0. The standard InChI is InChI=1S/C20H19ClF3NO5S/c1-28-8-9-29-17-7-2-13(20(22,23)24)10-16(17)25-18(26)11-30-19(27)12-31-15-5-3-14(21)4-6-15/h2-7,10H,8-9,11-12H2,1H3,(H,25,26). The Hall–Kier alpha value is -2.43. The molecule has 2 rings (SSSR count). The lowest BCUT2D eigenvalue weighted by Crippen LogP contribution is -2.22. The fourth-order valence-electron chi connectivity index (χ4n) is 2.21. The first-order valence-corrected chi connectivity index (χ1v) is 10.2. The van der Waals surface area contributed by atoms with Crippen molar-refractivity contribution in [3.63, 3.8) is 0 Å². The molecule has 6 nitrogen and oxygen atoms in total. The third kappa shape index (κ3) is 8.68. The predicted octanol–water partition coefficient (Wildman–Crippen LogP) is 4.66. The number of anilines is 1. The summed E-state index contributed by atoms with van der Waals surface area (Å²) in [6, 6.07) is 9.48. The number of alkyl halides is 3. The molecule has 0 aliphatic carbocycles. The summed E-state index contributed by atoms with van der Waals surface area (Å²) in [4.78, 5) is 24.7. The summed E-state index contributed by atoms with van der Waals surface area (Å²) in [6.07, 6.45) is -4.60. The summed E-state index contributed by atoms with van der Waals surface area (Å²) in [5.41, 5.74) is -1.15. The second-order valence-electron chi connectivity index (χ2n) is 6.00. The first-order valence-electron chi connectivity index (χ1n) is 8.86. The van der Waals surface area contributed by atoms with E-state index in [2.05, 4.69) is 5.32 Å². The molecule has 0 saturated carbocycles. The van der Waals surface area contributed by atoms with E-state index in [-0.39, 0.29) is 30.4 Å². The van der Waals surface area contributed by atoms with Gasteiger partial charge in [-0.25, -0.2) is 0 Å². The summed E-state index contributed by atoms with van der Waals surface area (Å²) in [6.45, 7) is -0.382. The van der Waals surface area contributed by atoms with Gasteiger partial charge in [-0.1, -0.05) is 11.6 Å². The number of carbonyl (C=O) groups is 2. The molecule has 0 spiro atoms. The molecule has 0 bridgehead atoms. The van der Waals surface area contributed by atoms with Crippen molar-refractivity contribution < 1.29 is 37.0 Å². The van der Waals surface area contributed by atoms with Crippen LogP contribution in [0.15, 0.2) is 47.4 Å². The number of hydrogen-bond donors (Lipinski definition) is 1. The molecular formula is C20H19ClF3NO5S. The number of carbonyl (C=O) groups excluding carboxylic acids is 2. The summed E-state index contributed by atoms with van der Waals surface area (Å²) in [5.74, 6) is -1.48. The fourth-order valence-corrected chi connectivity index (χ4v) is 3.03. The molecule has 168 valence electrons. The average Bonchev–Trinajstić information content (AvgIpc) is 2.72. The average molecular weight is 478 g/mol. The van der Waals surface area contributed by atoms with E-state index in [1.807, 2.05) is 0 Å². The Morgan fingerprint density at radius 2 is 1.81 bits per heavy atom. The SMILES string of the molecule is COCCOc1ccc(C(F)(F)F)cc1NC(=O)COC(=O)CSc1ccc(Cl)cc1. The second-order valence-corrected chi connectivity index (χ2v) is 7.49. The molecule has 1 amide bonds. The topological polar surface area (TPSA) is 73.9 Å². The molecule has 0 atom stereocenters. The Morgan fingerprint density at radius 1 is 1.10 bits per heavy atom.